The quantitative estimate of drug-likeness (QED) is 0.629. The third-order valence-electron chi connectivity index (χ3n) is 4.42. The average Bonchev–Trinajstić information content (AvgIpc) is 2.93. The van der Waals surface area contributed by atoms with E-state index in [1.54, 1.807) is 0 Å². The number of hydrogen-bond acceptors (Lipinski definition) is 3. The van der Waals surface area contributed by atoms with Crippen LogP contribution in [0.25, 0.3) is 11.4 Å². The number of H-pyrrole nitrogens is 1. The van der Waals surface area contributed by atoms with Crippen LogP contribution in [-0.4, -0.2) is 26.7 Å². The zero-order valence-electron chi connectivity index (χ0n) is 16.2. The van der Waals surface area contributed by atoms with Crippen LogP contribution >= 0.6 is 12.2 Å². The molecule has 1 aromatic heterocycles. The van der Waals surface area contributed by atoms with Crippen LogP contribution in [0, 0.1) is 17.6 Å². The van der Waals surface area contributed by atoms with Gasteiger partial charge in [-0.15, -0.1) is 0 Å². The van der Waals surface area contributed by atoms with Crippen LogP contribution in [0.5, 0.6) is 0 Å². The first-order chi connectivity index (χ1) is 12.4. The summed E-state index contributed by atoms with van der Waals surface area (Å²) in [5.74, 6) is 1.54. The number of amides is 1. The van der Waals surface area contributed by atoms with Gasteiger partial charge in [-0.05, 0) is 44.5 Å². The summed E-state index contributed by atoms with van der Waals surface area (Å²) < 4.78 is 2.44. The van der Waals surface area contributed by atoms with Crippen LogP contribution in [-0.2, 0) is 11.3 Å². The van der Waals surface area contributed by atoms with E-state index in [9.17, 15) is 4.79 Å². The van der Waals surface area contributed by atoms with Crippen LogP contribution < -0.4 is 5.32 Å². The highest BCUT2D eigenvalue weighted by molar-refractivity contribution is 7.71. The Kier molecular flexibility index (Phi) is 7.57. The molecule has 26 heavy (non-hydrogen) atoms. The summed E-state index contributed by atoms with van der Waals surface area (Å²) in [6.07, 6.45) is 3.75. The molecule has 0 saturated carbocycles. The van der Waals surface area contributed by atoms with Gasteiger partial charge in [0, 0.05) is 24.6 Å². The Bertz CT molecular complexity index is 778. The van der Waals surface area contributed by atoms with Gasteiger partial charge >= 0.3 is 0 Å². The van der Waals surface area contributed by atoms with Gasteiger partial charge in [0.15, 0.2) is 10.6 Å². The molecule has 2 aromatic rings. The maximum Gasteiger partial charge on any atom is 0.222 e. The molecular weight excluding hydrogens is 344 g/mol. The maximum atomic E-state index is 12.3. The number of hydrogen-bond donors (Lipinski definition) is 2. The van der Waals surface area contributed by atoms with Crippen molar-refractivity contribution in [2.75, 3.05) is 0 Å². The van der Waals surface area contributed by atoms with Crippen molar-refractivity contribution < 1.29 is 4.79 Å². The Morgan fingerprint density at radius 2 is 2.08 bits per heavy atom. The molecule has 1 amide bonds. The fourth-order valence-corrected chi connectivity index (χ4v) is 3.22. The minimum Gasteiger partial charge on any atom is -0.354 e. The summed E-state index contributed by atoms with van der Waals surface area (Å²) in [5.41, 5.74) is 2.16. The molecule has 0 fully saturated rings. The molecule has 0 radical (unpaired) electrons. The van der Waals surface area contributed by atoms with Crippen molar-refractivity contribution in [2.24, 2.45) is 5.92 Å². The van der Waals surface area contributed by atoms with Crippen molar-refractivity contribution in [1.82, 2.24) is 20.1 Å². The summed E-state index contributed by atoms with van der Waals surface area (Å²) in [6.45, 7) is 9.08. The van der Waals surface area contributed by atoms with Crippen molar-refractivity contribution in [1.29, 1.82) is 0 Å². The van der Waals surface area contributed by atoms with Gasteiger partial charge in [0.1, 0.15) is 0 Å². The summed E-state index contributed by atoms with van der Waals surface area (Å²) >= 11 is 5.34. The van der Waals surface area contributed by atoms with Crippen molar-refractivity contribution >= 4 is 18.1 Å². The van der Waals surface area contributed by atoms with E-state index < -0.39 is 0 Å². The van der Waals surface area contributed by atoms with Gasteiger partial charge in [0.05, 0.1) is 0 Å². The highest BCUT2D eigenvalue weighted by Crippen LogP contribution is 2.19. The molecule has 1 atom stereocenters. The van der Waals surface area contributed by atoms with Crippen molar-refractivity contribution in [3.8, 4) is 11.4 Å². The van der Waals surface area contributed by atoms with E-state index in [1.807, 2.05) is 29.7 Å². The molecule has 142 valence electrons. The van der Waals surface area contributed by atoms with E-state index in [0.29, 0.717) is 23.7 Å². The molecule has 1 unspecified atom stereocenters. The summed E-state index contributed by atoms with van der Waals surface area (Å²) in [6, 6.07) is 8.32. The zero-order valence-corrected chi connectivity index (χ0v) is 17.0. The first-order valence-electron chi connectivity index (χ1n) is 9.38. The Morgan fingerprint density at radius 1 is 1.31 bits per heavy atom. The molecule has 1 heterocycles. The van der Waals surface area contributed by atoms with Crippen molar-refractivity contribution in [3.05, 3.63) is 34.6 Å². The Hall–Kier alpha value is -1.95. The van der Waals surface area contributed by atoms with Gasteiger partial charge in [-0.2, -0.15) is 5.10 Å². The second kappa shape index (κ2) is 9.67. The molecule has 0 aliphatic heterocycles. The Balaban J connectivity index is 1.92. The predicted octanol–water partition coefficient (Wildman–Crippen LogP) is 4.64. The van der Waals surface area contributed by atoms with E-state index in [-0.39, 0.29) is 11.9 Å². The van der Waals surface area contributed by atoms with Crippen LogP contribution in [0.15, 0.2) is 24.3 Å². The lowest BCUT2D eigenvalue weighted by Crippen LogP contribution is -2.33. The number of benzene rings is 1. The van der Waals surface area contributed by atoms with Crippen LogP contribution in [0.1, 0.15) is 52.0 Å². The maximum absolute atomic E-state index is 12.3. The van der Waals surface area contributed by atoms with Crippen molar-refractivity contribution in [2.45, 2.75) is 66.0 Å². The lowest BCUT2D eigenvalue weighted by molar-refractivity contribution is -0.121. The highest BCUT2D eigenvalue weighted by atomic mass is 32.1. The van der Waals surface area contributed by atoms with Gasteiger partial charge in [-0.3, -0.25) is 14.5 Å². The van der Waals surface area contributed by atoms with E-state index in [2.05, 4.69) is 42.4 Å². The molecule has 0 spiro atoms. The van der Waals surface area contributed by atoms with Gasteiger partial charge in [-0.1, -0.05) is 50.5 Å². The van der Waals surface area contributed by atoms with Crippen LogP contribution in [0.4, 0.5) is 0 Å². The van der Waals surface area contributed by atoms with E-state index >= 15 is 0 Å². The molecule has 5 nitrogen and oxygen atoms in total. The largest absolute Gasteiger partial charge is 0.354 e. The summed E-state index contributed by atoms with van der Waals surface area (Å²) in [4.78, 5) is 12.3. The monoisotopic (exact) mass is 374 g/mol. The van der Waals surface area contributed by atoms with Gasteiger partial charge in [0.2, 0.25) is 5.91 Å². The topological polar surface area (TPSA) is 62.7 Å². The summed E-state index contributed by atoms with van der Waals surface area (Å²) in [7, 11) is 0. The number of aromatic nitrogens is 3. The molecular formula is C20H30N4OS. The van der Waals surface area contributed by atoms with E-state index in [4.69, 9.17) is 12.2 Å². The first-order valence-corrected chi connectivity index (χ1v) is 9.79. The highest BCUT2D eigenvalue weighted by Gasteiger charge is 2.12. The number of aryl methyl sites for hydroxylation is 1. The van der Waals surface area contributed by atoms with Crippen LogP contribution in [0.3, 0.4) is 0 Å². The smallest absolute Gasteiger partial charge is 0.222 e. The molecule has 0 aliphatic rings. The third kappa shape index (κ3) is 6.09. The van der Waals surface area contributed by atoms with Gasteiger partial charge in [0.25, 0.3) is 0 Å². The molecule has 6 heteroatoms. The molecule has 0 saturated heterocycles. The number of carbonyl (C=O) groups excluding carboxylic acids is 1. The SMILES string of the molecule is Cc1cccc(-c2n[nH]c(=S)n2CCC(=O)NC(C)CCCC(C)C)c1. The molecule has 0 aliphatic carbocycles. The summed E-state index contributed by atoms with van der Waals surface area (Å²) in [5, 5.41) is 10.3. The third-order valence-corrected chi connectivity index (χ3v) is 4.73. The van der Waals surface area contributed by atoms with Gasteiger partial charge < -0.3 is 5.32 Å². The molecule has 0 bridgehead atoms. The average molecular weight is 375 g/mol. The molecule has 2 rings (SSSR count). The molecule has 1 aromatic carbocycles. The van der Waals surface area contributed by atoms with E-state index in [0.717, 1.165) is 29.8 Å². The van der Waals surface area contributed by atoms with Gasteiger partial charge in [-0.25, -0.2) is 0 Å². The predicted molar refractivity (Wildman–Crippen MR) is 108 cm³/mol. The second-order valence-electron chi connectivity index (χ2n) is 7.42. The minimum atomic E-state index is 0.0559. The molecule has 2 N–H and O–H groups in total. The number of rotatable bonds is 9. The second-order valence-corrected chi connectivity index (χ2v) is 7.80. The minimum absolute atomic E-state index is 0.0559. The first kappa shape index (κ1) is 20.4. The Labute approximate surface area is 161 Å². The lowest BCUT2D eigenvalue weighted by Gasteiger charge is -2.15. The normalized spacial score (nSPS) is 12.3. The number of nitrogens with zero attached hydrogens (tertiary/aromatic N) is 2. The van der Waals surface area contributed by atoms with Crippen LogP contribution in [0.2, 0.25) is 0 Å². The zero-order chi connectivity index (χ0) is 19.1. The lowest BCUT2D eigenvalue weighted by atomic mass is 10.0. The Morgan fingerprint density at radius 3 is 2.77 bits per heavy atom. The number of aromatic amines is 1. The fraction of sp³-hybridized carbons (Fsp3) is 0.550. The van der Waals surface area contributed by atoms with E-state index in [1.165, 1.54) is 6.42 Å². The number of nitrogens with one attached hydrogen (secondary N) is 2. The van der Waals surface area contributed by atoms with Crippen molar-refractivity contribution in [3.63, 3.8) is 0 Å². The number of carbonyl (C=O) groups is 1. The fourth-order valence-electron chi connectivity index (χ4n) is 2.99. The standard InChI is InChI=1S/C20H30N4OS/c1-14(2)7-5-9-16(4)21-18(25)11-12-24-19(22-23-20(24)26)17-10-6-8-15(3)13-17/h6,8,10,13-14,16H,5,7,9,11-12H2,1-4H3,(H,21,25)(H,23,26).